The molecule has 1 heterocycles. The lowest BCUT2D eigenvalue weighted by atomic mass is 10.1. The molecule has 0 aliphatic carbocycles. The monoisotopic (exact) mass is 287 g/mol. The Labute approximate surface area is 120 Å². The lowest BCUT2D eigenvalue weighted by molar-refractivity contribution is -0.383. The lowest BCUT2D eigenvalue weighted by Crippen LogP contribution is -2.20. The summed E-state index contributed by atoms with van der Waals surface area (Å²) in [5, 5.41) is 10.9. The Balaban J connectivity index is 1.91. The van der Waals surface area contributed by atoms with E-state index >= 15 is 0 Å². The number of hydrogen-bond acceptors (Lipinski definition) is 4. The van der Waals surface area contributed by atoms with E-state index in [0.717, 1.165) is 24.2 Å². The van der Waals surface area contributed by atoms with Crippen LogP contribution in [0.15, 0.2) is 36.4 Å². The molecule has 0 atom stereocenters. The van der Waals surface area contributed by atoms with E-state index in [1.54, 1.807) is 18.2 Å². The predicted octanol–water partition coefficient (Wildman–Crippen LogP) is 2.88. The van der Waals surface area contributed by atoms with Gasteiger partial charge in [0.25, 0.3) is 5.69 Å². The van der Waals surface area contributed by atoms with Gasteiger partial charge in [-0.15, -0.1) is 0 Å². The zero-order valence-electron chi connectivity index (χ0n) is 11.3. The fourth-order valence-corrected chi connectivity index (χ4v) is 2.69. The molecule has 2 N–H and O–H groups in total. The average molecular weight is 287 g/mol. The van der Waals surface area contributed by atoms with Gasteiger partial charge >= 0.3 is 0 Å². The van der Waals surface area contributed by atoms with Gasteiger partial charge in [-0.05, 0) is 24.1 Å². The summed E-state index contributed by atoms with van der Waals surface area (Å²) in [7, 11) is 0. The molecule has 0 unspecified atom stereocenters. The summed E-state index contributed by atoms with van der Waals surface area (Å²) in [5.41, 5.74) is 8.55. The van der Waals surface area contributed by atoms with Crippen LogP contribution in [0.1, 0.15) is 11.1 Å². The Bertz CT molecular complexity index is 718. The molecule has 0 bridgehead atoms. The number of anilines is 2. The standard InChI is InChI=1S/C15H14FN3O2/c16-12-5-4-10-6-7-18(14(10)8-12)9-11-2-1-3-13(15(11)17)19(20)21/h1-5,8H,6-7,9,17H2. The molecule has 0 amide bonds. The summed E-state index contributed by atoms with van der Waals surface area (Å²) in [6, 6.07) is 9.49. The van der Waals surface area contributed by atoms with Crippen LogP contribution < -0.4 is 10.6 Å². The molecule has 0 saturated carbocycles. The molecule has 5 nitrogen and oxygen atoms in total. The summed E-state index contributed by atoms with van der Waals surface area (Å²) in [6.07, 6.45) is 0.838. The van der Waals surface area contributed by atoms with Crippen LogP contribution in [0.2, 0.25) is 0 Å². The molecular formula is C15H14FN3O2. The van der Waals surface area contributed by atoms with Crippen LogP contribution in [0.25, 0.3) is 0 Å². The Hall–Kier alpha value is -2.63. The van der Waals surface area contributed by atoms with Crippen LogP contribution in [-0.2, 0) is 13.0 Å². The van der Waals surface area contributed by atoms with Crippen molar-refractivity contribution in [2.45, 2.75) is 13.0 Å². The van der Waals surface area contributed by atoms with Crippen molar-refractivity contribution in [1.29, 1.82) is 0 Å². The second kappa shape index (κ2) is 5.05. The lowest BCUT2D eigenvalue weighted by Gasteiger charge is -2.20. The Morgan fingerprint density at radius 3 is 2.90 bits per heavy atom. The summed E-state index contributed by atoms with van der Waals surface area (Å²) < 4.78 is 13.4. The van der Waals surface area contributed by atoms with Gasteiger partial charge in [0.2, 0.25) is 0 Å². The Morgan fingerprint density at radius 2 is 2.14 bits per heavy atom. The first-order valence-corrected chi connectivity index (χ1v) is 6.61. The molecule has 108 valence electrons. The van der Waals surface area contributed by atoms with Gasteiger partial charge in [0.1, 0.15) is 11.5 Å². The fourth-order valence-electron chi connectivity index (χ4n) is 2.69. The highest BCUT2D eigenvalue weighted by molar-refractivity contribution is 5.65. The minimum Gasteiger partial charge on any atom is -0.393 e. The van der Waals surface area contributed by atoms with Gasteiger partial charge in [-0.3, -0.25) is 10.1 Å². The average Bonchev–Trinajstić information content (AvgIpc) is 2.83. The fraction of sp³-hybridized carbons (Fsp3) is 0.200. The topological polar surface area (TPSA) is 72.4 Å². The van der Waals surface area contributed by atoms with Crippen molar-refractivity contribution in [2.24, 2.45) is 0 Å². The minimum atomic E-state index is -0.490. The third-order valence-corrected chi connectivity index (χ3v) is 3.77. The first-order chi connectivity index (χ1) is 10.1. The molecule has 2 aromatic carbocycles. The molecule has 0 fully saturated rings. The number of nitro benzene ring substituents is 1. The summed E-state index contributed by atoms with van der Waals surface area (Å²) in [5.74, 6) is -0.285. The van der Waals surface area contributed by atoms with E-state index in [-0.39, 0.29) is 17.2 Å². The number of nitrogen functional groups attached to an aromatic ring is 1. The molecule has 3 rings (SSSR count). The van der Waals surface area contributed by atoms with Crippen molar-refractivity contribution >= 4 is 17.1 Å². The zero-order valence-corrected chi connectivity index (χ0v) is 11.3. The second-order valence-electron chi connectivity index (χ2n) is 5.05. The second-order valence-corrected chi connectivity index (χ2v) is 5.05. The smallest absolute Gasteiger partial charge is 0.292 e. The Kier molecular flexibility index (Phi) is 3.21. The van der Waals surface area contributed by atoms with Crippen molar-refractivity contribution in [2.75, 3.05) is 17.2 Å². The first kappa shape index (κ1) is 13.4. The van der Waals surface area contributed by atoms with Crippen molar-refractivity contribution in [3.8, 4) is 0 Å². The predicted molar refractivity (Wildman–Crippen MR) is 78.7 cm³/mol. The largest absolute Gasteiger partial charge is 0.393 e. The normalized spacial score (nSPS) is 13.3. The number of fused-ring (bicyclic) bond motifs is 1. The van der Waals surface area contributed by atoms with Gasteiger partial charge in [-0.1, -0.05) is 18.2 Å². The molecule has 0 saturated heterocycles. The number of benzene rings is 2. The van der Waals surface area contributed by atoms with Crippen LogP contribution >= 0.6 is 0 Å². The Morgan fingerprint density at radius 1 is 1.33 bits per heavy atom. The van der Waals surface area contributed by atoms with Gasteiger partial charge in [0, 0.05) is 30.4 Å². The van der Waals surface area contributed by atoms with E-state index in [2.05, 4.69) is 0 Å². The van der Waals surface area contributed by atoms with Gasteiger partial charge in [0.05, 0.1) is 4.92 Å². The van der Waals surface area contributed by atoms with E-state index in [0.29, 0.717) is 12.1 Å². The molecule has 21 heavy (non-hydrogen) atoms. The summed E-state index contributed by atoms with van der Waals surface area (Å²) >= 11 is 0. The highest BCUT2D eigenvalue weighted by Gasteiger charge is 2.22. The first-order valence-electron chi connectivity index (χ1n) is 6.61. The van der Waals surface area contributed by atoms with Crippen LogP contribution in [0.5, 0.6) is 0 Å². The zero-order chi connectivity index (χ0) is 15.0. The van der Waals surface area contributed by atoms with Crippen molar-refractivity contribution in [1.82, 2.24) is 0 Å². The SMILES string of the molecule is Nc1c(CN2CCc3ccc(F)cc32)cccc1[N+](=O)[O-]. The van der Waals surface area contributed by atoms with E-state index in [1.807, 2.05) is 4.90 Å². The number of nitrogens with zero attached hydrogens (tertiary/aromatic N) is 2. The molecule has 2 aromatic rings. The highest BCUT2D eigenvalue weighted by Crippen LogP contribution is 2.32. The maximum atomic E-state index is 13.4. The van der Waals surface area contributed by atoms with E-state index in [4.69, 9.17) is 5.73 Å². The number of nitro groups is 1. The maximum Gasteiger partial charge on any atom is 0.292 e. The number of hydrogen-bond donors (Lipinski definition) is 1. The molecule has 1 aliphatic rings. The van der Waals surface area contributed by atoms with Crippen LogP contribution in [0, 0.1) is 15.9 Å². The van der Waals surface area contributed by atoms with Crippen molar-refractivity contribution in [3.05, 3.63) is 63.5 Å². The summed E-state index contributed by atoms with van der Waals surface area (Å²) in [6.45, 7) is 1.19. The van der Waals surface area contributed by atoms with E-state index < -0.39 is 4.92 Å². The number of para-hydroxylation sites is 1. The van der Waals surface area contributed by atoms with Crippen LogP contribution in [0.3, 0.4) is 0 Å². The third-order valence-electron chi connectivity index (χ3n) is 3.77. The third kappa shape index (κ3) is 2.40. The van der Waals surface area contributed by atoms with Crippen LogP contribution in [0.4, 0.5) is 21.5 Å². The van der Waals surface area contributed by atoms with Crippen molar-refractivity contribution in [3.63, 3.8) is 0 Å². The number of nitrogens with two attached hydrogens (primary N) is 1. The van der Waals surface area contributed by atoms with Gasteiger partial charge in [-0.2, -0.15) is 0 Å². The van der Waals surface area contributed by atoms with Gasteiger partial charge < -0.3 is 10.6 Å². The molecule has 6 heteroatoms. The molecule has 0 aromatic heterocycles. The summed E-state index contributed by atoms with van der Waals surface area (Å²) in [4.78, 5) is 12.4. The van der Waals surface area contributed by atoms with Crippen molar-refractivity contribution < 1.29 is 9.31 Å². The number of rotatable bonds is 3. The molecule has 0 spiro atoms. The molecule has 0 radical (unpaired) electrons. The minimum absolute atomic E-state index is 0.0915. The van der Waals surface area contributed by atoms with Crippen LogP contribution in [-0.4, -0.2) is 11.5 Å². The van der Waals surface area contributed by atoms with E-state index in [1.165, 1.54) is 18.2 Å². The highest BCUT2D eigenvalue weighted by atomic mass is 19.1. The number of halogens is 1. The van der Waals surface area contributed by atoms with Gasteiger partial charge in [-0.25, -0.2) is 4.39 Å². The van der Waals surface area contributed by atoms with Gasteiger partial charge in [0.15, 0.2) is 0 Å². The molecule has 1 aliphatic heterocycles. The van der Waals surface area contributed by atoms with E-state index in [9.17, 15) is 14.5 Å². The maximum absolute atomic E-state index is 13.4. The molecular weight excluding hydrogens is 273 g/mol. The quantitative estimate of drug-likeness (QED) is 0.535.